The standard InChI is InChI=1S/C18H26N4O3/c1-13-16(7-10-24-13)17-20-18(22-21-17)19-12-14-5-3-6-15(11-14)25-9-4-8-23-2/h3,5-6,11,13,16H,4,7-10,12H2,1-2H3,(H2,19,20,21,22). The number of aromatic nitrogens is 3. The number of hydrogen-bond acceptors (Lipinski definition) is 6. The molecule has 136 valence electrons. The molecule has 1 saturated heterocycles. The summed E-state index contributed by atoms with van der Waals surface area (Å²) < 4.78 is 16.3. The first-order valence-electron chi connectivity index (χ1n) is 8.74. The zero-order valence-electron chi connectivity index (χ0n) is 14.8. The topological polar surface area (TPSA) is 81.3 Å². The zero-order chi connectivity index (χ0) is 17.5. The van der Waals surface area contributed by atoms with Crippen molar-refractivity contribution >= 4 is 5.95 Å². The van der Waals surface area contributed by atoms with Crippen LogP contribution in [0, 0.1) is 0 Å². The second-order valence-electron chi connectivity index (χ2n) is 6.21. The number of aromatic amines is 1. The van der Waals surface area contributed by atoms with E-state index in [0.717, 1.165) is 36.6 Å². The molecule has 2 unspecified atom stereocenters. The van der Waals surface area contributed by atoms with Gasteiger partial charge in [-0.1, -0.05) is 12.1 Å². The van der Waals surface area contributed by atoms with Crippen LogP contribution in [0.4, 0.5) is 5.95 Å². The highest BCUT2D eigenvalue weighted by Crippen LogP contribution is 2.29. The Kier molecular flexibility index (Phi) is 6.25. The van der Waals surface area contributed by atoms with Crippen LogP contribution in [-0.4, -0.2) is 48.2 Å². The lowest BCUT2D eigenvalue weighted by Crippen LogP contribution is -2.11. The Balaban J connectivity index is 1.51. The monoisotopic (exact) mass is 346 g/mol. The van der Waals surface area contributed by atoms with E-state index in [1.165, 1.54) is 0 Å². The van der Waals surface area contributed by atoms with Crippen LogP contribution >= 0.6 is 0 Å². The summed E-state index contributed by atoms with van der Waals surface area (Å²) >= 11 is 0. The quantitative estimate of drug-likeness (QED) is 0.680. The van der Waals surface area contributed by atoms with E-state index >= 15 is 0 Å². The number of nitrogens with one attached hydrogen (secondary N) is 2. The molecule has 7 nitrogen and oxygen atoms in total. The van der Waals surface area contributed by atoms with Crippen LogP contribution in [0.3, 0.4) is 0 Å². The molecule has 7 heteroatoms. The average Bonchev–Trinajstić information content (AvgIpc) is 3.26. The molecule has 0 saturated carbocycles. The van der Waals surface area contributed by atoms with Gasteiger partial charge in [-0.2, -0.15) is 4.98 Å². The van der Waals surface area contributed by atoms with Gasteiger partial charge in [0.15, 0.2) is 0 Å². The molecule has 3 rings (SSSR count). The third-order valence-electron chi connectivity index (χ3n) is 4.34. The molecule has 1 aromatic heterocycles. The van der Waals surface area contributed by atoms with Gasteiger partial charge in [0.25, 0.3) is 0 Å². The van der Waals surface area contributed by atoms with Crippen molar-refractivity contribution < 1.29 is 14.2 Å². The number of hydrogen-bond donors (Lipinski definition) is 2. The van der Waals surface area contributed by atoms with Gasteiger partial charge < -0.3 is 19.5 Å². The van der Waals surface area contributed by atoms with Crippen molar-refractivity contribution in [1.29, 1.82) is 0 Å². The van der Waals surface area contributed by atoms with Crippen molar-refractivity contribution in [3.05, 3.63) is 35.7 Å². The average molecular weight is 346 g/mol. The van der Waals surface area contributed by atoms with Crippen molar-refractivity contribution in [2.24, 2.45) is 0 Å². The molecule has 0 spiro atoms. The fourth-order valence-corrected chi connectivity index (χ4v) is 2.93. The Hall–Kier alpha value is -2.12. The highest BCUT2D eigenvalue weighted by atomic mass is 16.5. The third kappa shape index (κ3) is 4.93. The Bertz CT molecular complexity index is 661. The Morgan fingerprint density at radius 1 is 1.36 bits per heavy atom. The molecule has 0 amide bonds. The van der Waals surface area contributed by atoms with E-state index in [1.807, 2.05) is 18.2 Å². The smallest absolute Gasteiger partial charge is 0.242 e. The molecular weight excluding hydrogens is 320 g/mol. The largest absolute Gasteiger partial charge is 0.493 e. The van der Waals surface area contributed by atoms with E-state index in [-0.39, 0.29) is 6.10 Å². The van der Waals surface area contributed by atoms with Crippen molar-refractivity contribution in [2.75, 3.05) is 32.2 Å². The van der Waals surface area contributed by atoms with Crippen molar-refractivity contribution in [2.45, 2.75) is 38.3 Å². The van der Waals surface area contributed by atoms with E-state index in [2.05, 4.69) is 33.5 Å². The summed E-state index contributed by atoms with van der Waals surface area (Å²) in [5.74, 6) is 2.66. The molecule has 0 bridgehead atoms. The molecule has 1 aliphatic heterocycles. The van der Waals surface area contributed by atoms with E-state index < -0.39 is 0 Å². The second-order valence-corrected chi connectivity index (χ2v) is 6.21. The van der Waals surface area contributed by atoms with Gasteiger partial charge in [0.05, 0.1) is 12.7 Å². The molecule has 0 radical (unpaired) electrons. The van der Waals surface area contributed by atoms with Crippen LogP contribution in [0.15, 0.2) is 24.3 Å². The SMILES string of the molecule is COCCCOc1cccc(CNc2n[nH]c(C3CCOC3C)n2)c1. The summed E-state index contributed by atoms with van der Waals surface area (Å²) in [6.07, 6.45) is 2.05. The highest BCUT2D eigenvalue weighted by Gasteiger charge is 2.28. The van der Waals surface area contributed by atoms with Crippen LogP contribution in [0.5, 0.6) is 5.75 Å². The molecule has 0 aliphatic carbocycles. The van der Waals surface area contributed by atoms with Gasteiger partial charge in [-0.3, -0.25) is 5.10 Å². The lowest BCUT2D eigenvalue weighted by molar-refractivity contribution is 0.117. The van der Waals surface area contributed by atoms with Crippen LogP contribution in [0.1, 0.15) is 37.1 Å². The molecule has 1 aromatic carbocycles. The van der Waals surface area contributed by atoms with E-state index in [9.17, 15) is 0 Å². The summed E-state index contributed by atoms with van der Waals surface area (Å²) in [4.78, 5) is 4.55. The highest BCUT2D eigenvalue weighted by molar-refractivity contribution is 5.32. The molecule has 2 atom stereocenters. The van der Waals surface area contributed by atoms with Gasteiger partial charge in [0, 0.05) is 39.2 Å². The van der Waals surface area contributed by atoms with Gasteiger partial charge in [-0.15, -0.1) is 5.10 Å². The fraction of sp³-hybridized carbons (Fsp3) is 0.556. The summed E-state index contributed by atoms with van der Waals surface area (Å²) in [5.41, 5.74) is 1.12. The molecule has 1 aliphatic rings. The second kappa shape index (κ2) is 8.82. The summed E-state index contributed by atoms with van der Waals surface area (Å²) in [6.45, 7) is 4.86. The Morgan fingerprint density at radius 2 is 2.28 bits per heavy atom. The minimum absolute atomic E-state index is 0.188. The van der Waals surface area contributed by atoms with Gasteiger partial charge in [-0.05, 0) is 31.0 Å². The molecular formula is C18H26N4O3. The first kappa shape index (κ1) is 17.7. The Morgan fingerprint density at radius 3 is 3.08 bits per heavy atom. The number of nitrogens with zero attached hydrogens (tertiary/aromatic N) is 2. The van der Waals surface area contributed by atoms with Gasteiger partial charge in [-0.25, -0.2) is 0 Å². The number of ether oxygens (including phenoxy) is 3. The maximum atomic E-state index is 5.73. The maximum Gasteiger partial charge on any atom is 0.242 e. The predicted molar refractivity (Wildman–Crippen MR) is 94.9 cm³/mol. The van der Waals surface area contributed by atoms with E-state index in [0.29, 0.717) is 31.6 Å². The Labute approximate surface area is 148 Å². The minimum atomic E-state index is 0.188. The minimum Gasteiger partial charge on any atom is -0.493 e. The van der Waals surface area contributed by atoms with Crippen LogP contribution in [0.2, 0.25) is 0 Å². The molecule has 2 N–H and O–H groups in total. The lowest BCUT2D eigenvalue weighted by Gasteiger charge is -2.09. The third-order valence-corrected chi connectivity index (χ3v) is 4.34. The maximum absolute atomic E-state index is 5.73. The molecule has 25 heavy (non-hydrogen) atoms. The van der Waals surface area contributed by atoms with Crippen molar-refractivity contribution in [3.8, 4) is 5.75 Å². The van der Waals surface area contributed by atoms with E-state index in [4.69, 9.17) is 14.2 Å². The van der Waals surface area contributed by atoms with Gasteiger partial charge >= 0.3 is 0 Å². The van der Waals surface area contributed by atoms with E-state index in [1.54, 1.807) is 7.11 Å². The summed E-state index contributed by atoms with van der Waals surface area (Å²) in [7, 11) is 1.70. The molecule has 1 fully saturated rings. The van der Waals surface area contributed by atoms with Gasteiger partial charge in [0.1, 0.15) is 11.6 Å². The zero-order valence-corrected chi connectivity index (χ0v) is 14.8. The first-order valence-corrected chi connectivity index (χ1v) is 8.74. The van der Waals surface area contributed by atoms with Gasteiger partial charge in [0.2, 0.25) is 5.95 Å². The number of H-pyrrole nitrogens is 1. The van der Waals surface area contributed by atoms with Crippen LogP contribution < -0.4 is 10.1 Å². The van der Waals surface area contributed by atoms with Crippen molar-refractivity contribution in [3.63, 3.8) is 0 Å². The number of benzene rings is 1. The van der Waals surface area contributed by atoms with Crippen LogP contribution in [-0.2, 0) is 16.0 Å². The first-order chi connectivity index (χ1) is 12.3. The number of methoxy groups -OCH3 is 1. The number of rotatable bonds is 9. The fourth-order valence-electron chi connectivity index (χ4n) is 2.93. The van der Waals surface area contributed by atoms with Crippen molar-refractivity contribution in [1.82, 2.24) is 15.2 Å². The van der Waals surface area contributed by atoms with Crippen LogP contribution in [0.25, 0.3) is 0 Å². The molecule has 2 aromatic rings. The molecule has 2 heterocycles. The summed E-state index contributed by atoms with van der Waals surface area (Å²) in [6, 6.07) is 8.03. The lowest BCUT2D eigenvalue weighted by atomic mass is 10.0. The normalized spacial score (nSPS) is 19.9. The predicted octanol–water partition coefficient (Wildman–Crippen LogP) is 2.72. The number of anilines is 1. The summed E-state index contributed by atoms with van der Waals surface area (Å²) in [5, 5.41) is 10.5.